The summed E-state index contributed by atoms with van der Waals surface area (Å²) in [4.78, 5) is 42.4. The van der Waals surface area contributed by atoms with Crippen LogP contribution in [0.5, 0.6) is 0 Å². The van der Waals surface area contributed by atoms with Crippen LogP contribution in [-0.2, 0) is 34.1 Å². The van der Waals surface area contributed by atoms with Crippen molar-refractivity contribution in [2.45, 2.75) is 25.7 Å². The number of imide groups is 1. The number of urea groups is 1. The Morgan fingerprint density at radius 1 is 0.923 bits per heavy atom. The number of anilines is 6. The number of nitrogens with one attached hydrogen (secondary N) is 3. The van der Waals surface area contributed by atoms with Gasteiger partial charge in [-0.2, -0.15) is 18.2 Å². The summed E-state index contributed by atoms with van der Waals surface area (Å²) in [6, 6.07) is 17.8. The molecule has 0 radical (unpaired) electrons. The number of sulfonamides is 1. The van der Waals surface area contributed by atoms with Gasteiger partial charge in [0.2, 0.25) is 21.9 Å². The molecule has 4 heterocycles. The molecule has 3 amide bonds. The number of halogens is 3. The van der Waals surface area contributed by atoms with Gasteiger partial charge in [-0.3, -0.25) is 24.2 Å². The van der Waals surface area contributed by atoms with E-state index in [2.05, 4.69) is 40.7 Å². The summed E-state index contributed by atoms with van der Waals surface area (Å²) in [6.45, 7) is 3.86. The second-order valence-electron chi connectivity index (χ2n) is 12.3. The summed E-state index contributed by atoms with van der Waals surface area (Å²) in [5.41, 5.74) is 2.61. The third kappa shape index (κ3) is 8.51. The van der Waals surface area contributed by atoms with E-state index in [1.54, 1.807) is 29.2 Å². The average Bonchev–Trinajstić information content (AvgIpc) is 3.11. The molecule has 2 aromatic heterocycles. The van der Waals surface area contributed by atoms with Crippen LogP contribution >= 0.6 is 0 Å². The van der Waals surface area contributed by atoms with E-state index in [1.165, 1.54) is 13.2 Å². The SMILES string of the molecule is CN(c1ncccc1CNc1nc(Nc2ccc(N3CCN(Cc4ccccc4N4CCC(=O)NC4=O)CC3)cc2)ncc1C(F)(F)F)S(C)(=O)=O. The maximum Gasteiger partial charge on any atom is 0.421 e. The second kappa shape index (κ2) is 15.0. The number of pyridine rings is 1. The predicted octanol–water partition coefficient (Wildman–Crippen LogP) is 4.41. The highest BCUT2D eigenvalue weighted by Crippen LogP contribution is 2.35. The minimum absolute atomic E-state index is 0.0644. The van der Waals surface area contributed by atoms with E-state index in [4.69, 9.17) is 0 Å². The predicted molar refractivity (Wildman–Crippen MR) is 191 cm³/mol. The zero-order valence-electron chi connectivity index (χ0n) is 28.4. The highest BCUT2D eigenvalue weighted by atomic mass is 32.2. The highest BCUT2D eigenvalue weighted by Gasteiger charge is 2.35. The Hall–Kier alpha value is -5.49. The molecule has 14 nitrogen and oxygen atoms in total. The molecule has 0 aliphatic carbocycles. The molecule has 2 aromatic carbocycles. The van der Waals surface area contributed by atoms with E-state index in [9.17, 15) is 31.2 Å². The van der Waals surface area contributed by atoms with Gasteiger partial charge in [0.1, 0.15) is 17.2 Å². The van der Waals surface area contributed by atoms with Crippen molar-refractivity contribution in [2.75, 3.05) is 70.8 Å². The Labute approximate surface area is 298 Å². The normalized spacial score (nSPS) is 15.7. The molecule has 0 atom stereocenters. The lowest BCUT2D eigenvalue weighted by atomic mass is 10.1. The Morgan fingerprint density at radius 3 is 2.33 bits per heavy atom. The number of hydrogen-bond donors (Lipinski definition) is 3. The van der Waals surface area contributed by atoms with Crippen molar-refractivity contribution in [3.63, 3.8) is 0 Å². The van der Waals surface area contributed by atoms with Crippen molar-refractivity contribution in [3.05, 3.63) is 89.7 Å². The fraction of sp³-hybridized carbons (Fsp3) is 0.324. The first-order valence-electron chi connectivity index (χ1n) is 16.4. The fourth-order valence-corrected chi connectivity index (χ4v) is 6.44. The number of amides is 3. The second-order valence-corrected chi connectivity index (χ2v) is 14.4. The number of carbonyl (C=O) groups excluding carboxylic acids is 2. The quantitative estimate of drug-likeness (QED) is 0.200. The van der Waals surface area contributed by atoms with Crippen molar-refractivity contribution in [1.82, 2.24) is 25.2 Å². The molecule has 3 N–H and O–H groups in total. The van der Waals surface area contributed by atoms with Gasteiger partial charge in [-0.25, -0.2) is 23.2 Å². The van der Waals surface area contributed by atoms with Crippen LogP contribution in [0.4, 0.5) is 52.6 Å². The molecule has 274 valence electrons. The zero-order chi connectivity index (χ0) is 37.0. The fourth-order valence-electron chi connectivity index (χ4n) is 5.96. The molecule has 0 spiro atoms. The molecule has 4 aromatic rings. The van der Waals surface area contributed by atoms with Gasteiger partial charge in [0.25, 0.3) is 0 Å². The molecule has 6 rings (SSSR count). The topological polar surface area (TPSA) is 156 Å². The molecule has 0 saturated carbocycles. The van der Waals surface area contributed by atoms with E-state index in [0.717, 1.165) is 53.7 Å². The van der Waals surface area contributed by atoms with Crippen LogP contribution in [-0.4, -0.2) is 86.2 Å². The molecule has 2 fully saturated rings. The minimum atomic E-state index is -4.75. The molecule has 2 saturated heterocycles. The summed E-state index contributed by atoms with van der Waals surface area (Å²) in [6.07, 6.45) is -1.40. The average molecular weight is 739 g/mol. The molecule has 0 bridgehead atoms. The summed E-state index contributed by atoms with van der Waals surface area (Å²) < 4.78 is 66.8. The van der Waals surface area contributed by atoms with Crippen LogP contribution in [0.3, 0.4) is 0 Å². The Kier molecular flexibility index (Phi) is 10.5. The first-order chi connectivity index (χ1) is 24.8. The van der Waals surface area contributed by atoms with Crippen molar-refractivity contribution >= 4 is 56.6 Å². The molecule has 2 aliphatic rings. The van der Waals surface area contributed by atoms with Gasteiger partial charge >= 0.3 is 12.2 Å². The first kappa shape index (κ1) is 36.3. The van der Waals surface area contributed by atoms with Gasteiger partial charge in [0.05, 0.1) is 6.26 Å². The number of nitrogens with zero attached hydrogens (tertiary/aromatic N) is 7. The van der Waals surface area contributed by atoms with Crippen molar-refractivity contribution in [3.8, 4) is 0 Å². The zero-order valence-corrected chi connectivity index (χ0v) is 29.2. The lowest BCUT2D eigenvalue weighted by Crippen LogP contribution is -2.50. The van der Waals surface area contributed by atoms with Crippen molar-refractivity contribution in [1.29, 1.82) is 0 Å². The number of rotatable bonds is 11. The van der Waals surface area contributed by atoms with Crippen LogP contribution in [0.15, 0.2) is 73.1 Å². The number of para-hydroxylation sites is 1. The summed E-state index contributed by atoms with van der Waals surface area (Å²) in [5.74, 6) is -0.740. The third-order valence-electron chi connectivity index (χ3n) is 8.79. The Balaban J connectivity index is 1.08. The smallest absolute Gasteiger partial charge is 0.369 e. The first-order valence-corrected chi connectivity index (χ1v) is 18.2. The molecule has 0 unspecified atom stereocenters. The van der Waals surface area contributed by atoms with E-state index in [-0.39, 0.29) is 30.6 Å². The number of alkyl halides is 3. The molecular weight excluding hydrogens is 702 g/mol. The minimum Gasteiger partial charge on any atom is -0.369 e. The van der Waals surface area contributed by atoms with Gasteiger partial charge < -0.3 is 15.5 Å². The van der Waals surface area contributed by atoms with Gasteiger partial charge in [-0.15, -0.1) is 0 Å². The highest BCUT2D eigenvalue weighted by molar-refractivity contribution is 7.92. The van der Waals surface area contributed by atoms with Crippen LogP contribution in [0.25, 0.3) is 0 Å². The largest absolute Gasteiger partial charge is 0.421 e. The number of piperazine rings is 1. The molecule has 2 aliphatic heterocycles. The van der Waals surface area contributed by atoms with Crippen LogP contribution in [0, 0.1) is 0 Å². The standard InChI is InChI=1S/C34H37F3N10O4S/c1-44(52(2,50)51)31-23(7-5-14-38-31)20-39-30-27(34(35,36)37)21-40-32(43-30)41-25-9-11-26(12-10-25)46-18-16-45(17-19-46)22-24-6-3-4-8-28(24)47-15-13-29(48)42-33(47)49/h3-12,14,21H,13,15-20,22H2,1-2H3,(H,42,48,49)(H2,39,40,41,43). The Morgan fingerprint density at radius 2 is 1.63 bits per heavy atom. The maximum absolute atomic E-state index is 13.9. The summed E-state index contributed by atoms with van der Waals surface area (Å²) in [7, 11) is -2.35. The van der Waals surface area contributed by atoms with E-state index < -0.39 is 33.6 Å². The maximum atomic E-state index is 13.9. The Bertz CT molecular complexity index is 2040. The number of benzene rings is 2. The number of aromatic nitrogens is 3. The lowest BCUT2D eigenvalue weighted by Gasteiger charge is -2.37. The molecule has 18 heteroatoms. The summed E-state index contributed by atoms with van der Waals surface area (Å²) >= 11 is 0. The number of hydrogen-bond acceptors (Lipinski definition) is 11. The van der Waals surface area contributed by atoms with Crippen LogP contribution < -0.4 is 30.1 Å². The van der Waals surface area contributed by atoms with E-state index >= 15 is 0 Å². The van der Waals surface area contributed by atoms with Gasteiger partial charge in [0, 0.05) is 94.3 Å². The van der Waals surface area contributed by atoms with E-state index in [1.807, 2.05) is 36.4 Å². The summed E-state index contributed by atoms with van der Waals surface area (Å²) in [5, 5.41) is 8.04. The van der Waals surface area contributed by atoms with Crippen LogP contribution in [0.1, 0.15) is 23.1 Å². The van der Waals surface area contributed by atoms with E-state index in [0.29, 0.717) is 30.5 Å². The van der Waals surface area contributed by atoms with Crippen LogP contribution in [0.2, 0.25) is 0 Å². The van der Waals surface area contributed by atoms with Gasteiger partial charge in [-0.1, -0.05) is 24.3 Å². The number of carbonyl (C=O) groups is 2. The molecular formula is C34H37F3N10O4S. The van der Waals surface area contributed by atoms with Crippen molar-refractivity contribution < 1.29 is 31.2 Å². The van der Waals surface area contributed by atoms with Gasteiger partial charge in [0.15, 0.2) is 0 Å². The van der Waals surface area contributed by atoms with Gasteiger partial charge in [-0.05, 0) is 42.0 Å². The molecule has 52 heavy (non-hydrogen) atoms. The lowest BCUT2D eigenvalue weighted by molar-refractivity contribution is -0.137. The van der Waals surface area contributed by atoms with Crippen molar-refractivity contribution in [2.24, 2.45) is 0 Å². The third-order valence-corrected chi connectivity index (χ3v) is 9.96. The monoisotopic (exact) mass is 738 g/mol.